The maximum absolute atomic E-state index is 12.6. The fraction of sp³-hybridized carbons (Fsp3) is 0.143. The number of amides is 2. The molecule has 27 heavy (non-hydrogen) atoms. The van der Waals surface area contributed by atoms with Crippen LogP contribution < -0.4 is 15.4 Å². The van der Waals surface area contributed by atoms with Crippen LogP contribution >= 0.6 is 11.3 Å². The van der Waals surface area contributed by atoms with E-state index in [9.17, 15) is 9.59 Å². The molecule has 0 fully saturated rings. The van der Waals surface area contributed by atoms with E-state index >= 15 is 0 Å². The standard InChI is InChI=1S/C21H20N2O3S/c1-13-18(14-7-9-17(26-3)10-8-14)12-19(27-13)21(25)23-16-6-4-5-15(11-16)20(24)22-2/h4-12H,1-3H3,(H,22,24)(H,23,25). The molecule has 2 amide bonds. The van der Waals surface area contributed by atoms with Gasteiger partial charge in [-0.2, -0.15) is 0 Å². The quantitative estimate of drug-likeness (QED) is 0.692. The summed E-state index contributed by atoms with van der Waals surface area (Å²) in [6.07, 6.45) is 0. The molecule has 0 aliphatic rings. The molecule has 0 bridgehead atoms. The molecule has 0 saturated carbocycles. The number of aryl methyl sites for hydroxylation is 1. The van der Waals surface area contributed by atoms with Gasteiger partial charge in [0.1, 0.15) is 5.75 Å². The van der Waals surface area contributed by atoms with Gasteiger partial charge in [-0.15, -0.1) is 11.3 Å². The van der Waals surface area contributed by atoms with Crippen molar-refractivity contribution in [2.75, 3.05) is 19.5 Å². The molecule has 0 saturated heterocycles. The van der Waals surface area contributed by atoms with Gasteiger partial charge in [0.05, 0.1) is 12.0 Å². The number of ether oxygens (including phenoxy) is 1. The molecule has 0 spiro atoms. The van der Waals surface area contributed by atoms with Crippen molar-refractivity contribution in [1.29, 1.82) is 0 Å². The lowest BCUT2D eigenvalue weighted by Crippen LogP contribution is -2.18. The summed E-state index contributed by atoms with van der Waals surface area (Å²) in [6, 6.07) is 16.5. The third kappa shape index (κ3) is 4.17. The summed E-state index contributed by atoms with van der Waals surface area (Å²) in [4.78, 5) is 26.1. The van der Waals surface area contributed by atoms with Crippen LogP contribution in [0.1, 0.15) is 24.9 Å². The highest BCUT2D eigenvalue weighted by Crippen LogP contribution is 2.32. The van der Waals surface area contributed by atoms with E-state index in [-0.39, 0.29) is 11.8 Å². The Kier molecular flexibility index (Phi) is 5.57. The van der Waals surface area contributed by atoms with Crippen molar-refractivity contribution in [3.8, 4) is 16.9 Å². The monoisotopic (exact) mass is 380 g/mol. The van der Waals surface area contributed by atoms with Crippen molar-refractivity contribution in [2.24, 2.45) is 0 Å². The number of rotatable bonds is 5. The van der Waals surface area contributed by atoms with Gasteiger partial charge in [-0.3, -0.25) is 9.59 Å². The normalized spacial score (nSPS) is 10.3. The SMILES string of the molecule is CNC(=O)c1cccc(NC(=O)c2cc(-c3ccc(OC)cc3)c(C)s2)c1. The van der Waals surface area contributed by atoms with Crippen LogP contribution in [-0.2, 0) is 0 Å². The van der Waals surface area contributed by atoms with Crippen molar-refractivity contribution < 1.29 is 14.3 Å². The molecule has 138 valence electrons. The van der Waals surface area contributed by atoms with Crippen molar-refractivity contribution >= 4 is 28.8 Å². The molecule has 1 heterocycles. The van der Waals surface area contributed by atoms with Crippen molar-refractivity contribution in [3.05, 3.63) is 69.9 Å². The maximum atomic E-state index is 12.6. The van der Waals surface area contributed by atoms with E-state index in [1.165, 1.54) is 11.3 Å². The molecule has 6 heteroatoms. The second kappa shape index (κ2) is 8.05. The van der Waals surface area contributed by atoms with Crippen molar-refractivity contribution in [1.82, 2.24) is 5.32 Å². The number of hydrogen-bond donors (Lipinski definition) is 2. The minimum atomic E-state index is -0.197. The Labute approximate surface area is 162 Å². The Morgan fingerprint density at radius 3 is 2.41 bits per heavy atom. The van der Waals surface area contributed by atoms with Crippen LogP contribution in [0.3, 0.4) is 0 Å². The van der Waals surface area contributed by atoms with Gasteiger partial charge in [-0.1, -0.05) is 18.2 Å². The highest BCUT2D eigenvalue weighted by molar-refractivity contribution is 7.14. The Hall–Kier alpha value is -3.12. The van der Waals surface area contributed by atoms with Gasteiger partial charge in [-0.05, 0) is 54.4 Å². The van der Waals surface area contributed by atoms with Crippen LogP contribution in [0.25, 0.3) is 11.1 Å². The van der Waals surface area contributed by atoms with E-state index in [1.54, 1.807) is 38.4 Å². The van der Waals surface area contributed by atoms with Gasteiger partial charge in [0, 0.05) is 23.2 Å². The molecule has 0 atom stereocenters. The van der Waals surface area contributed by atoms with Gasteiger partial charge in [0.2, 0.25) is 0 Å². The van der Waals surface area contributed by atoms with Gasteiger partial charge in [0.15, 0.2) is 0 Å². The molecule has 2 N–H and O–H groups in total. The highest BCUT2D eigenvalue weighted by Gasteiger charge is 2.14. The Morgan fingerprint density at radius 1 is 1.00 bits per heavy atom. The van der Waals surface area contributed by atoms with Crippen LogP contribution in [0.5, 0.6) is 5.75 Å². The Balaban J connectivity index is 1.81. The number of methoxy groups -OCH3 is 1. The molecule has 3 rings (SSSR count). The minimum Gasteiger partial charge on any atom is -0.497 e. The van der Waals surface area contributed by atoms with Crippen LogP contribution in [0.15, 0.2) is 54.6 Å². The molecule has 0 aliphatic carbocycles. The van der Waals surface area contributed by atoms with E-state index < -0.39 is 0 Å². The predicted octanol–water partition coefficient (Wildman–Crippen LogP) is 4.34. The van der Waals surface area contributed by atoms with Gasteiger partial charge < -0.3 is 15.4 Å². The zero-order valence-corrected chi connectivity index (χ0v) is 16.1. The minimum absolute atomic E-state index is 0.195. The second-order valence-electron chi connectivity index (χ2n) is 5.92. The first-order valence-electron chi connectivity index (χ1n) is 8.40. The number of carbonyl (C=O) groups is 2. The summed E-state index contributed by atoms with van der Waals surface area (Å²) in [6.45, 7) is 1.99. The van der Waals surface area contributed by atoms with Crippen molar-refractivity contribution in [2.45, 2.75) is 6.92 Å². The molecular weight excluding hydrogens is 360 g/mol. The summed E-state index contributed by atoms with van der Waals surface area (Å²) in [5.74, 6) is 0.400. The zero-order valence-electron chi connectivity index (χ0n) is 15.3. The second-order valence-corrected chi connectivity index (χ2v) is 7.18. The molecule has 0 unspecified atom stereocenters. The van der Waals surface area contributed by atoms with E-state index in [0.717, 1.165) is 21.8 Å². The van der Waals surface area contributed by atoms with E-state index in [2.05, 4.69) is 10.6 Å². The lowest BCUT2D eigenvalue weighted by atomic mass is 10.1. The van der Waals surface area contributed by atoms with Crippen LogP contribution in [0.2, 0.25) is 0 Å². The summed E-state index contributed by atoms with van der Waals surface area (Å²) in [5.41, 5.74) is 3.13. The van der Waals surface area contributed by atoms with E-state index in [4.69, 9.17) is 4.74 Å². The first-order chi connectivity index (χ1) is 13.0. The van der Waals surface area contributed by atoms with Crippen LogP contribution in [-0.4, -0.2) is 26.0 Å². The first kappa shape index (κ1) is 18.7. The predicted molar refractivity (Wildman–Crippen MR) is 109 cm³/mol. The number of anilines is 1. The average Bonchev–Trinajstić information content (AvgIpc) is 3.09. The van der Waals surface area contributed by atoms with Gasteiger partial charge in [-0.25, -0.2) is 0 Å². The fourth-order valence-electron chi connectivity index (χ4n) is 2.73. The van der Waals surface area contributed by atoms with Gasteiger partial charge in [0.25, 0.3) is 11.8 Å². The molecular formula is C21H20N2O3S. The molecule has 3 aromatic rings. The lowest BCUT2D eigenvalue weighted by molar-refractivity contribution is 0.0961. The largest absolute Gasteiger partial charge is 0.497 e. The smallest absolute Gasteiger partial charge is 0.265 e. The third-order valence-corrected chi connectivity index (χ3v) is 5.20. The average molecular weight is 380 g/mol. The lowest BCUT2D eigenvalue weighted by Gasteiger charge is -2.06. The Bertz CT molecular complexity index is 977. The number of hydrogen-bond acceptors (Lipinski definition) is 4. The number of nitrogens with one attached hydrogen (secondary N) is 2. The molecule has 2 aromatic carbocycles. The third-order valence-electron chi connectivity index (χ3n) is 4.15. The Morgan fingerprint density at radius 2 is 1.74 bits per heavy atom. The molecule has 5 nitrogen and oxygen atoms in total. The number of thiophene rings is 1. The first-order valence-corrected chi connectivity index (χ1v) is 9.22. The summed E-state index contributed by atoms with van der Waals surface area (Å²) < 4.78 is 5.19. The van der Waals surface area contributed by atoms with Crippen LogP contribution in [0.4, 0.5) is 5.69 Å². The zero-order chi connectivity index (χ0) is 19.4. The summed E-state index contributed by atoms with van der Waals surface area (Å²) in [5, 5.41) is 5.43. The maximum Gasteiger partial charge on any atom is 0.265 e. The highest BCUT2D eigenvalue weighted by atomic mass is 32.1. The molecule has 0 aliphatic heterocycles. The van der Waals surface area contributed by atoms with E-state index in [0.29, 0.717) is 16.1 Å². The van der Waals surface area contributed by atoms with E-state index in [1.807, 2.05) is 37.3 Å². The molecule has 0 radical (unpaired) electrons. The van der Waals surface area contributed by atoms with Crippen molar-refractivity contribution in [3.63, 3.8) is 0 Å². The fourth-order valence-corrected chi connectivity index (χ4v) is 3.66. The number of benzene rings is 2. The topological polar surface area (TPSA) is 67.4 Å². The number of carbonyl (C=O) groups excluding carboxylic acids is 2. The van der Waals surface area contributed by atoms with Gasteiger partial charge >= 0.3 is 0 Å². The molecule has 1 aromatic heterocycles. The summed E-state index contributed by atoms with van der Waals surface area (Å²) >= 11 is 1.44. The summed E-state index contributed by atoms with van der Waals surface area (Å²) in [7, 11) is 3.20. The van der Waals surface area contributed by atoms with Crippen LogP contribution in [0, 0.1) is 6.92 Å².